The standard InChI is InChI=1S/C13H17N3O/c1-9(2)16-11-8-6-5-7-10(11)14-12(16)13(17)15(3)4/h5-9H,1-4H3. The second kappa shape index (κ2) is 4.20. The summed E-state index contributed by atoms with van der Waals surface area (Å²) in [6, 6.07) is 8.04. The van der Waals surface area contributed by atoms with Gasteiger partial charge in [0.1, 0.15) is 0 Å². The lowest BCUT2D eigenvalue weighted by molar-refractivity contribution is 0.0810. The van der Waals surface area contributed by atoms with Crippen LogP contribution in [0.15, 0.2) is 24.3 Å². The van der Waals surface area contributed by atoms with Gasteiger partial charge < -0.3 is 9.47 Å². The van der Waals surface area contributed by atoms with Crippen LogP contribution in [0.1, 0.15) is 30.5 Å². The Morgan fingerprint density at radius 3 is 2.53 bits per heavy atom. The Hall–Kier alpha value is -1.84. The fourth-order valence-corrected chi connectivity index (χ4v) is 1.92. The number of carbonyl (C=O) groups excluding carboxylic acids is 1. The fourth-order valence-electron chi connectivity index (χ4n) is 1.92. The van der Waals surface area contributed by atoms with Crippen LogP contribution in [0.2, 0.25) is 0 Å². The molecular weight excluding hydrogens is 214 g/mol. The van der Waals surface area contributed by atoms with E-state index in [9.17, 15) is 4.79 Å². The topological polar surface area (TPSA) is 38.1 Å². The van der Waals surface area contributed by atoms with Crippen molar-refractivity contribution < 1.29 is 4.79 Å². The number of carbonyl (C=O) groups is 1. The zero-order chi connectivity index (χ0) is 12.6. The lowest BCUT2D eigenvalue weighted by atomic mass is 10.3. The van der Waals surface area contributed by atoms with Gasteiger partial charge in [-0.2, -0.15) is 0 Å². The maximum Gasteiger partial charge on any atom is 0.289 e. The number of hydrogen-bond acceptors (Lipinski definition) is 2. The van der Waals surface area contributed by atoms with E-state index in [-0.39, 0.29) is 11.9 Å². The number of rotatable bonds is 2. The number of para-hydroxylation sites is 2. The van der Waals surface area contributed by atoms with Crippen molar-refractivity contribution >= 4 is 16.9 Å². The van der Waals surface area contributed by atoms with Crippen LogP contribution in [-0.2, 0) is 0 Å². The van der Waals surface area contributed by atoms with Crippen LogP contribution in [0, 0.1) is 0 Å². The van der Waals surface area contributed by atoms with Crippen molar-refractivity contribution in [3.63, 3.8) is 0 Å². The molecule has 4 nitrogen and oxygen atoms in total. The van der Waals surface area contributed by atoms with Gasteiger partial charge in [-0.05, 0) is 26.0 Å². The van der Waals surface area contributed by atoms with E-state index < -0.39 is 0 Å². The SMILES string of the molecule is CC(C)n1c(C(=O)N(C)C)nc2ccccc21. The van der Waals surface area contributed by atoms with Crippen LogP contribution in [-0.4, -0.2) is 34.5 Å². The van der Waals surface area contributed by atoms with Crippen molar-refractivity contribution in [3.8, 4) is 0 Å². The van der Waals surface area contributed by atoms with Crippen LogP contribution < -0.4 is 0 Å². The molecule has 0 saturated heterocycles. The normalized spacial score (nSPS) is 11.1. The summed E-state index contributed by atoms with van der Waals surface area (Å²) in [5.74, 6) is 0.445. The molecule has 0 fully saturated rings. The number of amides is 1. The highest BCUT2D eigenvalue weighted by atomic mass is 16.2. The zero-order valence-corrected chi connectivity index (χ0v) is 10.6. The second-order valence-corrected chi connectivity index (χ2v) is 4.59. The summed E-state index contributed by atoms with van der Waals surface area (Å²) < 4.78 is 1.98. The smallest absolute Gasteiger partial charge is 0.289 e. The van der Waals surface area contributed by atoms with Gasteiger partial charge in [0.25, 0.3) is 5.91 Å². The third kappa shape index (κ3) is 1.90. The molecule has 0 aliphatic heterocycles. The third-order valence-electron chi connectivity index (χ3n) is 2.71. The van der Waals surface area contributed by atoms with Crippen molar-refractivity contribution in [1.29, 1.82) is 0 Å². The summed E-state index contributed by atoms with van der Waals surface area (Å²) in [5.41, 5.74) is 1.87. The minimum atomic E-state index is -0.0603. The van der Waals surface area contributed by atoms with Gasteiger partial charge in [-0.15, -0.1) is 0 Å². The molecule has 0 aliphatic carbocycles. The first-order valence-corrected chi connectivity index (χ1v) is 5.71. The van der Waals surface area contributed by atoms with Gasteiger partial charge in [-0.25, -0.2) is 4.98 Å². The summed E-state index contributed by atoms with van der Waals surface area (Å²) in [7, 11) is 3.48. The lowest BCUT2D eigenvalue weighted by Gasteiger charge is -2.15. The molecule has 2 aromatic rings. The quantitative estimate of drug-likeness (QED) is 0.795. The molecule has 1 aromatic carbocycles. The van der Waals surface area contributed by atoms with Crippen molar-refractivity contribution in [2.75, 3.05) is 14.1 Å². The molecule has 0 atom stereocenters. The van der Waals surface area contributed by atoms with Gasteiger partial charge in [0, 0.05) is 20.1 Å². The predicted octanol–water partition coefficient (Wildman–Crippen LogP) is 2.32. The molecule has 0 unspecified atom stereocenters. The van der Waals surface area contributed by atoms with E-state index in [0.29, 0.717) is 5.82 Å². The van der Waals surface area contributed by atoms with E-state index in [4.69, 9.17) is 0 Å². The summed E-state index contributed by atoms with van der Waals surface area (Å²) in [6.07, 6.45) is 0. The first-order valence-electron chi connectivity index (χ1n) is 5.71. The van der Waals surface area contributed by atoms with E-state index in [0.717, 1.165) is 11.0 Å². The Bertz CT molecular complexity index is 555. The third-order valence-corrected chi connectivity index (χ3v) is 2.71. The Morgan fingerprint density at radius 2 is 1.94 bits per heavy atom. The van der Waals surface area contributed by atoms with Crippen LogP contribution in [0.5, 0.6) is 0 Å². The molecule has 1 aromatic heterocycles. The van der Waals surface area contributed by atoms with Gasteiger partial charge >= 0.3 is 0 Å². The van der Waals surface area contributed by atoms with E-state index in [1.165, 1.54) is 0 Å². The van der Waals surface area contributed by atoms with Crippen LogP contribution in [0.4, 0.5) is 0 Å². The van der Waals surface area contributed by atoms with Crippen molar-refractivity contribution in [1.82, 2.24) is 14.5 Å². The molecular formula is C13H17N3O. The predicted molar refractivity (Wildman–Crippen MR) is 68.1 cm³/mol. The molecule has 0 radical (unpaired) electrons. The molecule has 0 bridgehead atoms. The molecule has 90 valence electrons. The minimum absolute atomic E-state index is 0.0603. The summed E-state index contributed by atoms with van der Waals surface area (Å²) in [4.78, 5) is 18.1. The van der Waals surface area contributed by atoms with E-state index in [1.807, 2.05) is 28.8 Å². The zero-order valence-electron chi connectivity index (χ0n) is 10.6. The number of benzene rings is 1. The molecule has 0 spiro atoms. The van der Waals surface area contributed by atoms with Gasteiger partial charge in [0.05, 0.1) is 11.0 Å². The van der Waals surface area contributed by atoms with Crippen molar-refractivity contribution in [2.45, 2.75) is 19.9 Å². The molecule has 2 rings (SSSR count). The van der Waals surface area contributed by atoms with Crippen LogP contribution >= 0.6 is 0 Å². The highest BCUT2D eigenvalue weighted by Crippen LogP contribution is 2.21. The highest BCUT2D eigenvalue weighted by molar-refractivity contribution is 5.94. The van der Waals surface area contributed by atoms with Crippen LogP contribution in [0.3, 0.4) is 0 Å². The summed E-state index contributed by atoms with van der Waals surface area (Å²) >= 11 is 0. The largest absolute Gasteiger partial charge is 0.342 e. The number of imidazole rings is 1. The molecule has 0 saturated carbocycles. The number of fused-ring (bicyclic) bond motifs is 1. The van der Waals surface area contributed by atoms with Crippen molar-refractivity contribution in [2.24, 2.45) is 0 Å². The first-order chi connectivity index (χ1) is 8.02. The maximum absolute atomic E-state index is 12.1. The fraction of sp³-hybridized carbons (Fsp3) is 0.385. The highest BCUT2D eigenvalue weighted by Gasteiger charge is 2.20. The maximum atomic E-state index is 12.1. The van der Waals surface area contributed by atoms with Gasteiger partial charge in [-0.1, -0.05) is 12.1 Å². The molecule has 1 heterocycles. The van der Waals surface area contributed by atoms with Gasteiger partial charge in [0.2, 0.25) is 0 Å². The van der Waals surface area contributed by atoms with E-state index in [1.54, 1.807) is 19.0 Å². The molecule has 17 heavy (non-hydrogen) atoms. The van der Waals surface area contributed by atoms with Gasteiger partial charge in [0.15, 0.2) is 5.82 Å². The number of nitrogens with zero attached hydrogens (tertiary/aromatic N) is 3. The minimum Gasteiger partial charge on any atom is -0.342 e. The average Bonchev–Trinajstić information content (AvgIpc) is 2.66. The first kappa shape index (κ1) is 11.6. The Labute approximate surface area is 101 Å². The van der Waals surface area contributed by atoms with E-state index >= 15 is 0 Å². The van der Waals surface area contributed by atoms with E-state index in [2.05, 4.69) is 18.8 Å². The molecule has 4 heteroatoms. The average molecular weight is 231 g/mol. The van der Waals surface area contributed by atoms with Crippen LogP contribution in [0.25, 0.3) is 11.0 Å². The Kier molecular flexibility index (Phi) is 2.88. The summed E-state index contributed by atoms with van der Waals surface area (Å²) in [5, 5.41) is 0. The number of hydrogen-bond donors (Lipinski definition) is 0. The number of aromatic nitrogens is 2. The summed E-state index contributed by atoms with van der Waals surface area (Å²) in [6.45, 7) is 4.11. The monoisotopic (exact) mass is 231 g/mol. The Balaban J connectivity index is 2.70. The molecule has 0 aliphatic rings. The lowest BCUT2D eigenvalue weighted by Crippen LogP contribution is -2.26. The van der Waals surface area contributed by atoms with Gasteiger partial charge in [-0.3, -0.25) is 4.79 Å². The Morgan fingerprint density at radius 1 is 1.29 bits per heavy atom. The molecule has 0 N–H and O–H groups in total. The second-order valence-electron chi connectivity index (χ2n) is 4.59. The van der Waals surface area contributed by atoms with Crippen molar-refractivity contribution in [3.05, 3.63) is 30.1 Å². The molecule has 1 amide bonds.